The molecule has 2 aromatic rings. The molecule has 0 fully saturated rings. The molecule has 0 radical (unpaired) electrons. The Kier molecular flexibility index (Phi) is 4.94. The molecule has 0 unspecified atom stereocenters. The largest absolute Gasteiger partial charge is 0.484 e. The van der Waals surface area contributed by atoms with E-state index in [1.54, 1.807) is 37.3 Å². The van der Waals surface area contributed by atoms with E-state index in [-0.39, 0.29) is 12.3 Å². The van der Waals surface area contributed by atoms with Gasteiger partial charge in [-0.1, -0.05) is 15.9 Å². The Morgan fingerprint density at radius 3 is 2.62 bits per heavy atom. The van der Waals surface area contributed by atoms with E-state index in [2.05, 4.69) is 37.0 Å². The highest BCUT2D eigenvalue weighted by Crippen LogP contribution is 2.15. The molecule has 2 amide bonds. The third kappa shape index (κ3) is 4.60. The first kappa shape index (κ1) is 15.0. The Morgan fingerprint density at radius 1 is 1.29 bits per heavy atom. The summed E-state index contributed by atoms with van der Waals surface area (Å²) in [5, 5.41) is 6.41. The number of amides is 2. The molecule has 8 heteroatoms. The average molecular weight is 353 g/mol. The van der Waals surface area contributed by atoms with E-state index in [4.69, 9.17) is 4.74 Å². The van der Waals surface area contributed by atoms with Crippen molar-refractivity contribution in [1.82, 2.24) is 21.0 Å². The van der Waals surface area contributed by atoms with Gasteiger partial charge in [0.1, 0.15) is 5.75 Å². The number of ether oxygens (including phenoxy) is 1. The van der Waals surface area contributed by atoms with E-state index in [1.807, 2.05) is 0 Å². The number of aromatic amines is 1. The number of rotatable bonds is 4. The Morgan fingerprint density at radius 2 is 2.00 bits per heavy atom. The lowest BCUT2D eigenvalue weighted by Gasteiger charge is -2.07. The van der Waals surface area contributed by atoms with Crippen molar-refractivity contribution < 1.29 is 14.3 Å². The average Bonchev–Trinajstić information content (AvgIpc) is 2.91. The van der Waals surface area contributed by atoms with Gasteiger partial charge in [0.05, 0.1) is 0 Å². The molecule has 110 valence electrons. The normalized spacial score (nSPS) is 10.0. The van der Waals surface area contributed by atoms with Crippen molar-refractivity contribution in [2.75, 3.05) is 6.61 Å². The Hall–Kier alpha value is -2.35. The van der Waals surface area contributed by atoms with Crippen molar-refractivity contribution >= 4 is 27.7 Å². The summed E-state index contributed by atoms with van der Waals surface area (Å²) in [6, 6.07) is 8.62. The van der Waals surface area contributed by atoms with Gasteiger partial charge in [-0.05, 0) is 37.3 Å². The smallest absolute Gasteiger partial charge is 0.290 e. The fourth-order valence-corrected chi connectivity index (χ4v) is 1.70. The van der Waals surface area contributed by atoms with Gasteiger partial charge in [0, 0.05) is 10.2 Å². The number of aryl methyl sites for hydroxylation is 1. The minimum Gasteiger partial charge on any atom is -0.484 e. The molecule has 0 aliphatic carbocycles. The molecular formula is C13H13BrN4O3. The van der Waals surface area contributed by atoms with Gasteiger partial charge in [0.15, 0.2) is 12.3 Å². The van der Waals surface area contributed by atoms with Crippen molar-refractivity contribution in [2.24, 2.45) is 0 Å². The van der Waals surface area contributed by atoms with Crippen LogP contribution in [0.5, 0.6) is 5.75 Å². The molecule has 1 aromatic heterocycles. The molecule has 0 atom stereocenters. The monoisotopic (exact) mass is 352 g/mol. The molecule has 7 nitrogen and oxygen atoms in total. The predicted molar refractivity (Wildman–Crippen MR) is 78.6 cm³/mol. The van der Waals surface area contributed by atoms with E-state index < -0.39 is 11.8 Å². The molecule has 0 bridgehead atoms. The lowest BCUT2D eigenvalue weighted by Crippen LogP contribution is -2.44. The molecule has 2 rings (SSSR count). The summed E-state index contributed by atoms with van der Waals surface area (Å²) in [5.41, 5.74) is 5.44. The number of aromatic nitrogens is 2. The molecule has 0 spiro atoms. The quantitative estimate of drug-likeness (QED) is 0.723. The number of benzene rings is 1. The van der Waals surface area contributed by atoms with Gasteiger partial charge in [0.2, 0.25) is 0 Å². The summed E-state index contributed by atoms with van der Waals surface area (Å²) in [5.74, 6) is -0.419. The van der Waals surface area contributed by atoms with E-state index >= 15 is 0 Å². The molecule has 1 aromatic carbocycles. The van der Waals surface area contributed by atoms with Gasteiger partial charge >= 0.3 is 0 Å². The summed E-state index contributed by atoms with van der Waals surface area (Å²) in [7, 11) is 0. The Labute approximate surface area is 129 Å². The summed E-state index contributed by atoms with van der Waals surface area (Å²) >= 11 is 3.30. The zero-order valence-corrected chi connectivity index (χ0v) is 12.7. The fraction of sp³-hybridized carbons (Fsp3) is 0.154. The lowest BCUT2D eigenvalue weighted by molar-refractivity contribution is -0.123. The van der Waals surface area contributed by atoms with Gasteiger partial charge in [-0.15, -0.1) is 0 Å². The number of hydrazine groups is 1. The highest BCUT2D eigenvalue weighted by molar-refractivity contribution is 9.10. The van der Waals surface area contributed by atoms with E-state index in [0.717, 1.165) is 10.2 Å². The third-order valence-electron chi connectivity index (χ3n) is 2.44. The van der Waals surface area contributed by atoms with Crippen LogP contribution in [0, 0.1) is 6.92 Å². The molecule has 21 heavy (non-hydrogen) atoms. The van der Waals surface area contributed by atoms with Crippen LogP contribution in [0.15, 0.2) is 34.8 Å². The molecule has 1 heterocycles. The second-order valence-electron chi connectivity index (χ2n) is 4.18. The number of halogens is 1. The number of hydrogen-bond acceptors (Lipinski definition) is 4. The van der Waals surface area contributed by atoms with Crippen LogP contribution in [-0.2, 0) is 4.79 Å². The molecule has 0 saturated carbocycles. The van der Waals surface area contributed by atoms with Gasteiger partial charge < -0.3 is 4.74 Å². The van der Waals surface area contributed by atoms with Crippen molar-refractivity contribution in [1.29, 1.82) is 0 Å². The Bertz CT molecular complexity index is 639. The topological polar surface area (TPSA) is 96.1 Å². The van der Waals surface area contributed by atoms with Gasteiger partial charge in [-0.25, -0.2) is 0 Å². The maximum absolute atomic E-state index is 11.6. The van der Waals surface area contributed by atoms with Crippen molar-refractivity contribution in [3.63, 3.8) is 0 Å². The second kappa shape index (κ2) is 6.89. The molecule has 0 aliphatic heterocycles. The number of H-pyrrole nitrogens is 1. The molecule has 0 saturated heterocycles. The maximum Gasteiger partial charge on any atom is 0.290 e. The first-order valence-corrected chi connectivity index (χ1v) is 6.83. The zero-order valence-electron chi connectivity index (χ0n) is 11.1. The molecule has 3 N–H and O–H groups in total. The highest BCUT2D eigenvalue weighted by atomic mass is 79.9. The fourth-order valence-electron chi connectivity index (χ4n) is 1.44. The first-order chi connectivity index (χ1) is 10.0. The van der Waals surface area contributed by atoms with E-state index in [1.165, 1.54) is 0 Å². The first-order valence-electron chi connectivity index (χ1n) is 6.04. The van der Waals surface area contributed by atoms with Crippen molar-refractivity contribution in [3.8, 4) is 5.75 Å². The maximum atomic E-state index is 11.6. The number of carbonyl (C=O) groups is 2. The number of hydrogen-bond donors (Lipinski definition) is 3. The van der Waals surface area contributed by atoms with Crippen LogP contribution in [0.1, 0.15) is 16.2 Å². The summed E-state index contributed by atoms with van der Waals surface area (Å²) in [4.78, 5) is 23.2. The molecular weight excluding hydrogens is 340 g/mol. The van der Waals surface area contributed by atoms with Crippen LogP contribution in [0.25, 0.3) is 0 Å². The zero-order chi connectivity index (χ0) is 15.2. The number of nitrogens with one attached hydrogen (secondary N) is 3. The van der Waals surface area contributed by atoms with Crippen LogP contribution in [0.2, 0.25) is 0 Å². The van der Waals surface area contributed by atoms with E-state index in [9.17, 15) is 9.59 Å². The van der Waals surface area contributed by atoms with Crippen LogP contribution in [0.4, 0.5) is 0 Å². The standard InChI is InChI=1S/C13H13BrN4O3/c1-8-6-11(16-15-8)13(20)18-17-12(19)7-21-10-4-2-9(14)3-5-10/h2-6H,7H2,1H3,(H,15,16)(H,17,19)(H,18,20). The lowest BCUT2D eigenvalue weighted by atomic mass is 10.3. The van der Waals surface area contributed by atoms with Crippen LogP contribution < -0.4 is 15.6 Å². The minimum absolute atomic E-state index is 0.196. The van der Waals surface area contributed by atoms with Crippen molar-refractivity contribution in [3.05, 3.63) is 46.2 Å². The predicted octanol–water partition coefficient (Wildman–Crippen LogP) is 1.32. The highest BCUT2D eigenvalue weighted by Gasteiger charge is 2.10. The van der Waals surface area contributed by atoms with Gasteiger partial charge in [-0.2, -0.15) is 5.10 Å². The number of nitrogens with zero attached hydrogens (tertiary/aromatic N) is 1. The second-order valence-corrected chi connectivity index (χ2v) is 5.10. The summed E-state index contributed by atoms with van der Waals surface area (Å²) < 4.78 is 6.18. The molecule has 0 aliphatic rings. The van der Waals surface area contributed by atoms with Crippen LogP contribution in [-0.4, -0.2) is 28.6 Å². The summed E-state index contributed by atoms with van der Waals surface area (Å²) in [6.45, 7) is 1.57. The van der Waals surface area contributed by atoms with Gasteiger partial charge in [-0.3, -0.25) is 25.5 Å². The number of carbonyl (C=O) groups excluding carboxylic acids is 2. The van der Waals surface area contributed by atoms with E-state index in [0.29, 0.717) is 5.75 Å². The minimum atomic E-state index is -0.503. The SMILES string of the molecule is Cc1cc(C(=O)NNC(=O)COc2ccc(Br)cc2)n[nH]1. The van der Waals surface area contributed by atoms with Gasteiger partial charge in [0.25, 0.3) is 11.8 Å². The summed E-state index contributed by atoms with van der Waals surface area (Å²) in [6.07, 6.45) is 0. The van der Waals surface area contributed by atoms with Crippen LogP contribution >= 0.6 is 15.9 Å². The Balaban J connectivity index is 1.74. The van der Waals surface area contributed by atoms with Crippen LogP contribution in [0.3, 0.4) is 0 Å². The third-order valence-corrected chi connectivity index (χ3v) is 2.97. The van der Waals surface area contributed by atoms with Crippen molar-refractivity contribution in [2.45, 2.75) is 6.92 Å².